The topological polar surface area (TPSA) is 66.7 Å². The second kappa shape index (κ2) is 10.8. The van der Waals surface area contributed by atoms with Crippen molar-refractivity contribution in [1.82, 2.24) is 15.5 Å². The highest BCUT2D eigenvalue weighted by molar-refractivity contribution is 5.85. The van der Waals surface area contributed by atoms with Crippen LogP contribution in [0.4, 0.5) is 0 Å². The number of rotatable bonds is 6. The van der Waals surface area contributed by atoms with Gasteiger partial charge in [0.15, 0.2) is 0 Å². The van der Waals surface area contributed by atoms with E-state index in [1.54, 1.807) is 0 Å². The Balaban J connectivity index is 0.00000140. The Morgan fingerprint density at radius 1 is 1.21 bits per heavy atom. The first-order valence-electron chi connectivity index (χ1n) is 10.1. The van der Waals surface area contributed by atoms with Crippen LogP contribution in [0.2, 0.25) is 0 Å². The molecule has 0 saturated carbocycles. The Morgan fingerprint density at radius 2 is 1.89 bits per heavy atom. The van der Waals surface area contributed by atoms with Crippen LogP contribution in [0.15, 0.2) is 16.5 Å². The molecule has 2 bridgehead atoms. The molecule has 1 aromatic rings. The number of halogens is 2. The molecule has 4 rings (SSSR count). The van der Waals surface area contributed by atoms with E-state index in [0.717, 1.165) is 50.7 Å². The molecule has 160 valence electrons. The van der Waals surface area contributed by atoms with Crippen LogP contribution >= 0.6 is 24.8 Å². The summed E-state index contributed by atoms with van der Waals surface area (Å²) in [5, 5.41) is 6.83. The molecular formula is C20H33Cl2N3O3. The van der Waals surface area contributed by atoms with Crippen molar-refractivity contribution >= 4 is 30.7 Å². The molecule has 3 saturated heterocycles. The van der Waals surface area contributed by atoms with Crippen LogP contribution in [0, 0.1) is 12.8 Å². The Kier molecular flexibility index (Phi) is 9.09. The summed E-state index contributed by atoms with van der Waals surface area (Å²) in [6.45, 7) is 5.79. The summed E-state index contributed by atoms with van der Waals surface area (Å²) < 4.78 is 11.4. The van der Waals surface area contributed by atoms with Gasteiger partial charge >= 0.3 is 0 Å². The maximum absolute atomic E-state index is 12.6. The third-order valence-corrected chi connectivity index (χ3v) is 6.11. The van der Waals surface area contributed by atoms with Crippen molar-refractivity contribution in [3.05, 3.63) is 23.7 Å². The van der Waals surface area contributed by atoms with E-state index in [4.69, 9.17) is 9.15 Å². The van der Waals surface area contributed by atoms with E-state index in [2.05, 4.69) is 15.5 Å². The van der Waals surface area contributed by atoms with Gasteiger partial charge in [0.25, 0.3) is 0 Å². The van der Waals surface area contributed by atoms with Crippen LogP contribution < -0.4 is 10.6 Å². The quantitative estimate of drug-likeness (QED) is 0.721. The average molecular weight is 434 g/mol. The van der Waals surface area contributed by atoms with Gasteiger partial charge in [0, 0.05) is 38.1 Å². The van der Waals surface area contributed by atoms with Crippen molar-refractivity contribution in [1.29, 1.82) is 0 Å². The summed E-state index contributed by atoms with van der Waals surface area (Å²) in [6, 6.07) is 5.39. The number of ether oxygens (including phenoxy) is 1. The Hall–Kier alpha value is -0.790. The van der Waals surface area contributed by atoms with Gasteiger partial charge in [0.2, 0.25) is 5.91 Å². The lowest BCUT2D eigenvalue weighted by molar-refractivity contribution is -0.122. The lowest BCUT2D eigenvalue weighted by Gasteiger charge is -2.33. The molecule has 3 aliphatic heterocycles. The van der Waals surface area contributed by atoms with Crippen LogP contribution in [0.3, 0.4) is 0 Å². The number of piperidine rings is 1. The number of hydrogen-bond donors (Lipinski definition) is 2. The minimum Gasteiger partial charge on any atom is -0.465 e. The van der Waals surface area contributed by atoms with Crippen LogP contribution in [-0.4, -0.2) is 55.7 Å². The summed E-state index contributed by atoms with van der Waals surface area (Å²) in [5.41, 5.74) is 0. The summed E-state index contributed by atoms with van der Waals surface area (Å²) >= 11 is 0. The average Bonchev–Trinajstić information content (AvgIpc) is 3.21. The largest absolute Gasteiger partial charge is 0.465 e. The number of carbonyl (C=O) groups excluding carboxylic acids is 1. The molecule has 3 fully saturated rings. The highest BCUT2D eigenvalue weighted by Crippen LogP contribution is 2.32. The van der Waals surface area contributed by atoms with Crippen LogP contribution in [-0.2, 0) is 9.53 Å². The number of hydrogen-bond acceptors (Lipinski definition) is 5. The van der Waals surface area contributed by atoms with Gasteiger partial charge in [-0.3, -0.25) is 9.69 Å². The van der Waals surface area contributed by atoms with Crippen molar-refractivity contribution in [2.75, 3.05) is 32.8 Å². The molecule has 3 aliphatic rings. The second-order valence-electron chi connectivity index (χ2n) is 8.10. The van der Waals surface area contributed by atoms with Gasteiger partial charge in [-0.1, -0.05) is 0 Å². The summed E-state index contributed by atoms with van der Waals surface area (Å²) in [6.07, 6.45) is 5.50. The SMILES string of the molecule is Cc1ccc(C(CNC(=O)CC2CC3CCC(C2)N3)N2CCOCC2)o1.Cl.Cl. The first kappa shape index (κ1) is 23.5. The highest BCUT2D eigenvalue weighted by atomic mass is 35.5. The predicted octanol–water partition coefficient (Wildman–Crippen LogP) is 2.84. The molecule has 3 atom stereocenters. The van der Waals surface area contributed by atoms with Crippen molar-refractivity contribution in [3.63, 3.8) is 0 Å². The molecule has 2 N–H and O–H groups in total. The molecule has 0 spiro atoms. The molecule has 0 aromatic carbocycles. The van der Waals surface area contributed by atoms with E-state index in [0.29, 0.717) is 31.0 Å². The van der Waals surface area contributed by atoms with Crippen LogP contribution in [0.25, 0.3) is 0 Å². The predicted molar refractivity (Wildman–Crippen MR) is 113 cm³/mol. The lowest BCUT2D eigenvalue weighted by Crippen LogP contribution is -2.44. The molecular weight excluding hydrogens is 401 g/mol. The second-order valence-corrected chi connectivity index (χ2v) is 8.10. The van der Waals surface area contributed by atoms with Gasteiger partial charge in [-0.05, 0) is 50.7 Å². The van der Waals surface area contributed by atoms with Crippen molar-refractivity contribution in [2.45, 2.75) is 57.2 Å². The Morgan fingerprint density at radius 3 is 2.50 bits per heavy atom. The highest BCUT2D eigenvalue weighted by Gasteiger charge is 2.34. The summed E-state index contributed by atoms with van der Waals surface area (Å²) in [7, 11) is 0. The van der Waals surface area contributed by atoms with Gasteiger partial charge < -0.3 is 19.8 Å². The summed E-state index contributed by atoms with van der Waals surface area (Å²) in [5.74, 6) is 2.55. The summed E-state index contributed by atoms with van der Waals surface area (Å²) in [4.78, 5) is 14.9. The molecule has 0 aliphatic carbocycles. The molecule has 1 aromatic heterocycles. The Bertz CT molecular complexity index is 610. The minimum atomic E-state index is 0. The number of nitrogens with one attached hydrogen (secondary N) is 2. The molecule has 1 amide bonds. The molecule has 4 heterocycles. The van der Waals surface area contributed by atoms with Gasteiger partial charge in [0.1, 0.15) is 11.5 Å². The number of furan rings is 1. The maximum Gasteiger partial charge on any atom is 0.220 e. The first-order chi connectivity index (χ1) is 12.7. The number of nitrogens with zero attached hydrogens (tertiary/aromatic N) is 1. The third-order valence-electron chi connectivity index (χ3n) is 6.11. The molecule has 6 nitrogen and oxygen atoms in total. The molecule has 0 radical (unpaired) electrons. The van der Waals surface area contributed by atoms with E-state index in [-0.39, 0.29) is 36.8 Å². The Labute approximate surface area is 179 Å². The fourth-order valence-electron chi connectivity index (χ4n) is 4.82. The maximum atomic E-state index is 12.6. The fourth-order valence-corrected chi connectivity index (χ4v) is 4.82. The number of morpholine rings is 1. The zero-order valence-electron chi connectivity index (χ0n) is 16.5. The van der Waals surface area contributed by atoms with Crippen LogP contribution in [0.5, 0.6) is 0 Å². The minimum absolute atomic E-state index is 0. The monoisotopic (exact) mass is 433 g/mol. The van der Waals surface area contributed by atoms with E-state index in [9.17, 15) is 4.79 Å². The van der Waals surface area contributed by atoms with Gasteiger partial charge in [0.05, 0.1) is 19.3 Å². The van der Waals surface area contributed by atoms with Gasteiger partial charge in [-0.15, -0.1) is 24.8 Å². The van der Waals surface area contributed by atoms with Crippen molar-refractivity contribution in [2.24, 2.45) is 5.92 Å². The van der Waals surface area contributed by atoms with Gasteiger partial charge in [-0.25, -0.2) is 0 Å². The number of amides is 1. The molecule has 28 heavy (non-hydrogen) atoms. The van der Waals surface area contributed by atoms with Crippen LogP contribution in [0.1, 0.15) is 49.7 Å². The van der Waals surface area contributed by atoms with Crippen molar-refractivity contribution < 1.29 is 13.9 Å². The third kappa shape index (κ3) is 5.86. The smallest absolute Gasteiger partial charge is 0.220 e. The number of aryl methyl sites for hydroxylation is 1. The normalized spacial score (nSPS) is 28.1. The van der Waals surface area contributed by atoms with E-state index in [1.807, 2.05) is 19.1 Å². The van der Waals surface area contributed by atoms with Gasteiger partial charge in [-0.2, -0.15) is 0 Å². The zero-order chi connectivity index (χ0) is 17.9. The zero-order valence-corrected chi connectivity index (χ0v) is 18.2. The molecule has 3 unspecified atom stereocenters. The number of carbonyl (C=O) groups is 1. The fraction of sp³-hybridized carbons (Fsp3) is 0.750. The van der Waals surface area contributed by atoms with E-state index in [1.165, 1.54) is 12.8 Å². The van der Waals surface area contributed by atoms with E-state index < -0.39 is 0 Å². The lowest BCUT2D eigenvalue weighted by atomic mass is 9.89. The van der Waals surface area contributed by atoms with Crippen molar-refractivity contribution in [3.8, 4) is 0 Å². The first-order valence-corrected chi connectivity index (χ1v) is 10.1. The standard InChI is InChI=1S/C20H31N3O3.2ClH/c1-14-2-5-19(26-14)18(23-6-8-25-9-7-23)13-21-20(24)12-15-10-16-3-4-17(11-15)22-16;;/h2,5,15-18,22H,3-4,6-13H2,1H3,(H,21,24);2*1H. The number of fused-ring (bicyclic) bond motifs is 2. The van der Waals surface area contributed by atoms with E-state index >= 15 is 0 Å². The molecule has 8 heteroatoms.